The average Bonchev–Trinajstić information content (AvgIpc) is 2.93. The van der Waals surface area contributed by atoms with Crippen LogP contribution in [-0.2, 0) is 0 Å². The van der Waals surface area contributed by atoms with Crippen molar-refractivity contribution in [2.75, 3.05) is 26.2 Å². The third-order valence-electron chi connectivity index (χ3n) is 7.09. The van der Waals surface area contributed by atoms with Crippen molar-refractivity contribution in [1.82, 2.24) is 20.0 Å². The predicted molar refractivity (Wildman–Crippen MR) is 107 cm³/mol. The first-order valence-electron chi connectivity index (χ1n) is 11.4. The summed E-state index contributed by atoms with van der Waals surface area (Å²) in [6.45, 7) is 3.15. The first kappa shape index (κ1) is 19.8. The Labute approximate surface area is 168 Å². The molecular weight excluding hydrogens is 356 g/mol. The maximum absolute atomic E-state index is 13.0. The molecule has 4 aliphatic rings. The first-order valence-corrected chi connectivity index (χ1v) is 11.4. The highest BCUT2D eigenvalue weighted by molar-refractivity contribution is 5.77. The van der Waals surface area contributed by atoms with Gasteiger partial charge in [0, 0.05) is 44.3 Å². The average molecular weight is 393 g/mol. The fourth-order valence-corrected chi connectivity index (χ4v) is 5.64. The lowest BCUT2D eigenvalue weighted by Gasteiger charge is -2.40. The molecule has 7 heteroatoms. The molecule has 4 rings (SSSR count). The highest BCUT2D eigenvalue weighted by atomic mass is 16.3. The molecule has 0 spiro atoms. The fourth-order valence-electron chi connectivity index (χ4n) is 5.64. The van der Waals surface area contributed by atoms with Crippen molar-refractivity contribution in [2.24, 2.45) is 0 Å². The van der Waals surface area contributed by atoms with Crippen molar-refractivity contribution in [3.63, 3.8) is 0 Å². The number of aliphatic hydroxyl groups is 1. The second-order valence-corrected chi connectivity index (χ2v) is 9.19. The summed E-state index contributed by atoms with van der Waals surface area (Å²) in [6, 6.07) is 0.547. The predicted octanol–water partition coefficient (Wildman–Crippen LogP) is 2.53. The maximum atomic E-state index is 13.0. The molecular formula is C21H36N4O3. The number of aliphatic hydroxyl groups excluding tert-OH is 1. The lowest BCUT2D eigenvalue weighted by atomic mass is 10.00. The van der Waals surface area contributed by atoms with Gasteiger partial charge in [-0.25, -0.2) is 9.59 Å². The largest absolute Gasteiger partial charge is 0.393 e. The first-order chi connectivity index (χ1) is 13.6. The molecule has 4 amide bonds. The lowest BCUT2D eigenvalue weighted by Crippen LogP contribution is -2.58. The minimum absolute atomic E-state index is 0.00459. The minimum Gasteiger partial charge on any atom is -0.393 e. The van der Waals surface area contributed by atoms with Gasteiger partial charge in [0.25, 0.3) is 0 Å². The highest BCUT2D eigenvalue weighted by Gasteiger charge is 2.43. The molecule has 0 radical (unpaired) electrons. The quantitative estimate of drug-likeness (QED) is 0.720. The molecule has 0 aromatic heterocycles. The van der Waals surface area contributed by atoms with Gasteiger partial charge in [0.15, 0.2) is 0 Å². The molecule has 0 aromatic carbocycles. The van der Waals surface area contributed by atoms with E-state index >= 15 is 0 Å². The van der Waals surface area contributed by atoms with Crippen molar-refractivity contribution in [3.8, 4) is 0 Å². The number of rotatable bonds is 1. The monoisotopic (exact) mass is 392 g/mol. The van der Waals surface area contributed by atoms with Crippen LogP contribution < -0.4 is 5.32 Å². The molecule has 0 aromatic rings. The Morgan fingerprint density at radius 3 is 2.07 bits per heavy atom. The third-order valence-corrected chi connectivity index (χ3v) is 7.09. The molecule has 4 aliphatic heterocycles. The van der Waals surface area contributed by atoms with Gasteiger partial charge in [-0.2, -0.15) is 0 Å². The number of carbonyl (C=O) groups excluding carboxylic acids is 2. The molecule has 4 saturated heterocycles. The molecule has 0 saturated carbocycles. The fraction of sp³-hybridized carbons (Fsp3) is 0.905. The number of fused-ring (bicyclic) bond motifs is 2. The van der Waals surface area contributed by atoms with Crippen LogP contribution in [0.5, 0.6) is 0 Å². The molecule has 0 aliphatic carbocycles. The number of urea groups is 2. The van der Waals surface area contributed by atoms with Crippen LogP contribution in [0.1, 0.15) is 70.6 Å². The Balaban J connectivity index is 1.31. The van der Waals surface area contributed by atoms with Gasteiger partial charge in [0.1, 0.15) is 0 Å². The second kappa shape index (κ2) is 8.89. The van der Waals surface area contributed by atoms with Gasteiger partial charge < -0.3 is 25.1 Å². The van der Waals surface area contributed by atoms with Gasteiger partial charge in [-0.1, -0.05) is 19.3 Å². The van der Waals surface area contributed by atoms with Crippen LogP contribution >= 0.6 is 0 Å². The van der Waals surface area contributed by atoms with Crippen LogP contribution in [0.25, 0.3) is 0 Å². The van der Waals surface area contributed by atoms with Crippen LogP contribution in [0.2, 0.25) is 0 Å². The molecule has 4 heterocycles. The number of nitrogens with zero attached hydrogens (tertiary/aromatic N) is 3. The topological polar surface area (TPSA) is 76.1 Å². The minimum atomic E-state index is -0.262. The molecule has 3 atom stereocenters. The number of amides is 4. The van der Waals surface area contributed by atoms with Crippen LogP contribution in [0.15, 0.2) is 0 Å². The summed E-state index contributed by atoms with van der Waals surface area (Å²) in [5, 5.41) is 13.2. The van der Waals surface area contributed by atoms with E-state index in [1.54, 1.807) is 0 Å². The van der Waals surface area contributed by atoms with Gasteiger partial charge >= 0.3 is 12.1 Å². The molecule has 4 fully saturated rings. The van der Waals surface area contributed by atoms with Crippen molar-refractivity contribution < 1.29 is 14.7 Å². The van der Waals surface area contributed by atoms with Crippen LogP contribution in [-0.4, -0.2) is 82.3 Å². The van der Waals surface area contributed by atoms with Gasteiger partial charge in [0.05, 0.1) is 6.10 Å². The number of hydrogen-bond donors (Lipinski definition) is 2. The molecule has 2 N–H and O–H groups in total. The van der Waals surface area contributed by atoms with Gasteiger partial charge in [-0.05, 0) is 51.4 Å². The summed E-state index contributed by atoms with van der Waals surface area (Å²) >= 11 is 0. The SMILES string of the molecule is O=C(N1CCCCCCC1)N1CCC[C@H](NC(=O)N2C3CCC2CC(O)C3)C1. The van der Waals surface area contributed by atoms with Crippen LogP contribution in [0.4, 0.5) is 9.59 Å². The van der Waals surface area contributed by atoms with E-state index in [9.17, 15) is 14.7 Å². The highest BCUT2D eigenvalue weighted by Crippen LogP contribution is 2.35. The van der Waals surface area contributed by atoms with E-state index in [2.05, 4.69) is 5.32 Å². The van der Waals surface area contributed by atoms with Gasteiger partial charge in [-0.3, -0.25) is 0 Å². The van der Waals surface area contributed by atoms with E-state index in [4.69, 9.17) is 0 Å². The van der Waals surface area contributed by atoms with Crippen LogP contribution in [0.3, 0.4) is 0 Å². The summed E-state index contributed by atoms with van der Waals surface area (Å²) in [7, 11) is 0. The number of carbonyl (C=O) groups is 2. The van der Waals surface area contributed by atoms with E-state index in [0.717, 1.165) is 58.2 Å². The summed E-state index contributed by atoms with van der Waals surface area (Å²) in [5.74, 6) is 0. The second-order valence-electron chi connectivity index (χ2n) is 9.19. The van der Waals surface area contributed by atoms with E-state index in [0.29, 0.717) is 19.4 Å². The standard InChI is InChI=1S/C21H36N4O3/c26-19-13-17-8-9-18(14-19)25(17)20(27)22-16-7-6-12-24(15-16)21(28)23-10-4-2-1-3-5-11-23/h16-19,26H,1-15H2,(H,22,27)/t16-,17?,18?,19?/m0/s1. The number of hydrogen-bond acceptors (Lipinski definition) is 3. The summed E-state index contributed by atoms with van der Waals surface area (Å²) in [6.07, 6.45) is 10.9. The zero-order valence-corrected chi connectivity index (χ0v) is 17.0. The van der Waals surface area contributed by atoms with E-state index < -0.39 is 0 Å². The smallest absolute Gasteiger partial charge is 0.320 e. The van der Waals surface area contributed by atoms with Gasteiger partial charge in [-0.15, -0.1) is 0 Å². The van der Waals surface area contributed by atoms with Crippen molar-refractivity contribution >= 4 is 12.1 Å². The molecule has 2 bridgehead atoms. The summed E-state index contributed by atoms with van der Waals surface area (Å²) < 4.78 is 0. The number of likely N-dealkylation sites (tertiary alicyclic amines) is 2. The lowest BCUT2D eigenvalue weighted by molar-refractivity contribution is 0.0522. The summed E-state index contributed by atoms with van der Waals surface area (Å²) in [5.41, 5.74) is 0. The zero-order chi connectivity index (χ0) is 19.5. The molecule has 7 nitrogen and oxygen atoms in total. The van der Waals surface area contributed by atoms with Gasteiger partial charge in [0.2, 0.25) is 0 Å². The Bertz CT molecular complexity index is 550. The van der Waals surface area contributed by atoms with Crippen molar-refractivity contribution in [2.45, 2.75) is 94.9 Å². The Morgan fingerprint density at radius 2 is 1.39 bits per heavy atom. The third kappa shape index (κ3) is 4.39. The molecule has 2 unspecified atom stereocenters. The summed E-state index contributed by atoms with van der Waals surface area (Å²) in [4.78, 5) is 31.9. The molecule has 28 heavy (non-hydrogen) atoms. The Morgan fingerprint density at radius 1 is 0.786 bits per heavy atom. The van der Waals surface area contributed by atoms with E-state index in [1.807, 2.05) is 14.7 Å². The molecule has 158 valence electrons. The van der Waals surface area contributed by atoms with Crippen LogP contribution in [0, 0.1) is 0 Å². The number of nitrogens with one attached hydrogen (secondary N) is 1. The van der Waals surface area contributed by atoms with Crippen molar-refractivity contribution in [1.29, 1.82) is 0 Å². The maximum Gasteiger partial charge on any atom is 0.320 e. The Kier molecular flexibility index (Phi) is 6.28. The zero-order valence-electron chi connectivity index (χ0n) is 17.0. The van der Waals surface area contributed by atoms with Crippen molar-refractivity contribution in [3.05, 3.63) is 0 Å². The van der Waals surface area contributed by atoms with E-state index in [-0.39, 0.29) is 36.3 Å². The van der Waals surface area contributed by atoms with E-state index in [1.165, 1.54) is 19.3 Å². The number of piperidine rings is 2. The Hall–Kier alpha value is -1.50. The normalized spacial score (nSPS) is 34.0.